The van der Waals surface area contributed by atoms with Crippen molar-refractivity contribution in [3.05, 3.63) is 23.3 Å². The van der Waals surface area contributed by atoms with Crippen LogP contribution in [0.1, 0.15) is 0 Å². The van der Waals surface area contributed by atoms with Gasteiger partial charge in [-0.15, -0.1) is 0 Å². The molecule has 1 N–H and O–H groups in total. The molecule has 0 aromatic rings. The van der Waals surface area contributed by atoms with E-state index in [-0.39, 0.29) is 0 Å². The van der Waals surface area contributed by atoms with Crippen LogP contribution in [0, 0.1) is 0 Å². The second kappa shape index (κ2) is 12.2. The molecule has 0 atom stereocenters. The predicted molar refractivity (Wildman–Crippen MR) is 91.5 cm³/mol. The number of carboxylic acids is 1. The van der Waals surface area contributed by atoms with Gasteiger partial charge in [-0.2, -0.15) is 123 Å². The predicted octanol–water partition coefficient (Wildman–Crippen LogP) is 10.6. The highest BCUT2D eigenvalue weighted by atomic mass is 19.4. The van der Waals surface area contributed by atoms with E-state index in [9.17, 15) is 141 Å². The van der Waals surface area contributed by atoms with E-state index in [1.807, 2.05) is 0 Å². The highest BCUT2D eigenvalue weighted by Gasteiger charge is 3.00. The highest BCUT2D eigenvalue weighted by Crippen LogP contribution is 2.68. The number of carbonyl (C=O) groups is 1. The van der Waals surface area contributed by atoms with E-state index in [1.165, 1.54) is 0 Å². The smallest absolute Gasteiger partial charge is 0.460 e. The first kappa shape index (κ1) is 47.8. The zero-order valence-electron chi connectivity index (χ0n) is 21.6. The number of halogens is 31. The Bertz CT molecular complexity index is 1410. The quantitative estimate of drug-likeness (QED) is 0.108. The van der Waals surface area contributed by atoms with Crippen molar-refractivity contribution >= 4 is 5.97 Å². The van der Waals surface area contributed by atoms with Crippen molar-refractivity contribution in [1.29, 1.82) is 0 Å². The van der Waals surface area contributed by atoms with Crippen LogP contribution < -0.4 is 0 Å². The molecule has 302 valence electrons. The molecule has 0 aliphatic rings. The van der Waals surface area contributed by atoms with Crippen molar-refractivity contribution in [2.24, 2.45) is 0 Å². The standard InChI is InChI=1S/C18HF31O2/c19-1(3(21)5(50)51)2(20)4(22)6(23,24)7(25,26)8(27,28)9(29,30)10(31,32)11(33,34)12(35,36)13(37,38)14(39,40)15(41,42)16(43,44)17(45,46)18(47,48)49/h(H,50,51)/b3-1+,4-2+. The average Bonchev–Trinajstić information content (AvgIpc) is 2.93. The van der Waals surface area contributed by atoms with Crippen LogP contribution >= 0.6 is 0 Å². The topological polar surface area (TPSA) is 37.3 Å². The van der Waals surface area contributed by atoms with Crippen LogP contribution in [-0.4, -0.2) is 88.3 Å². The van der Waals surface area contributed by atoms with Gasteiger partial charge in [0.15, 0.2) is 5.83 Å². The van der Waals surface area contributed by atoms with E-state index in [1.54, 1.807) is 0 Å². The normalized spacial score (nSPS) is 17.3. The van der Waals surface area contributed by atoms with Gasteiger partial charge in [-0.1, -0.05) is 0 Å². The summed E-state index contributed by atoms with van der Waals surface area (Å²) < 4.78 is 413. The lowest BCUT2D eigenvalue weighted by molar-refractivity contribution is -0.484. The number of aliphatic carboxylic acids is 1. The first-order valence-electron chi connectivity index (χ1n) is 10.5. The summed E-state index contributed by atoms with van der Waals surface area (Å²) in [6.07, 6.45) is -8.35. The molecule has 0 aliphatic heterocycles. The van der Waals surface area contributed by atoms with Crippen molar-refractivity contribution < 1.29 is 146 Å². The van der Waals surface area contributed by atoms with Gasteiger partial charge >= 0.3 is 83.2 Å². The van der Waals surface area contributed by atoms with Crippen molar-refractivity contribution in [3.8, 4) is 0 Å². The summed E-state index contributed by atoms with van der Waals surface area (Å²) in [6, 6.07) is 0. The van der Waals surface area contributed by atoms with Gasteiger partial charge < -0.3 is 5.11 Å². The summed E-state index contributed by atoms with van der Waals surface area (Å²) in [5.74, 6) is -137. The molecule has 0 radical (unpaired) electrons. The summed E-state index contributed by atoms with van der Waals surface area (Å²) in [5, 5.41) is 7.86. The van der Waals surface area contributed by atoms with Crippen LogP contribution in [-0.2, 0) is 4.79 Å². The second-order valence-electron chi connectivity index (χ2n) is 8.95. The maximum absolute atomic E-state index is 13.8. The van der Waals surface area contributed by atoms with E-state index in [0.717, 1.165) is 0 Å². The molecule has 0 saturated heterocycles. The molecule has 0 unspecified atom stereocenters. The zero-order valence-corrected chi connectivity index (χ0v) is 21.6. The number of hydrogen-bond donors (Lipinski definition) is 1. The second-order valence-corrected chi connectivity index (χ2v) is 8.95. The minimum atomic E-state index is -10.1. The van der Waals surface area contributed by atoms with Crippen LogP contribution in [0.2, 0.25) is 0 Å². The molecule has 0 bridgehead atoms. The van der Waals surface area contributed by atoms with E-state index < -0.39 is 107 Å². The van der Waals surface area contributed by atoms with Crippen LogP contribution in [0.4, 0.5) is 136 Å². The Hall–Kier alpha value is -3.22. The van der Waals surface area contributed by atoms with Gasteiger partial charge in [0.25, 0.3) is 0 Å². The monoisotopic (exact) mass is 838 g/mol. The Labute approximate surface area is 254 Å². The Kier molecular flexibility index (Phi) is 11.4. The van der Waals surface area contributed by atoms with Gasteiger partial charge in [0.1, 0.15) is 0 Å². The van der Waals surface area contributed by atoms with Gasteiger partial charge in [0.05, 0.1) is 0 Å². The first-order chi connectivity index (χ1) is 21.6. The molecule has 0 spiro atoms. The Balaban J connectivity index is 7.69. The van der Waals surface area contributed by atoms with Crippen molar-refractivity contribution in [2.75, 3.05) is 0 Å². The minimum absolute atomic E-state index is 3.54. The fourth-order valence-corrected chi connectivity index (χ4v) is 2.71. The molecule has 0 aromatic heterocycles. The third-order valence-electron chi connectivity index (χ3n) is 5.74. The largest absolute Gasteiger partial charge is 0.476 e. The molecule has 0 fully saturated rings. The lowest BCUT2D eigenvalue weighted by Gasteiger charge is -2.46. The van der Waals surface area contributed by atoms with E-state index in [0.29, 0.717) is 0 Å². The van der Waals surface area contributed by atoms with Crippen LogP contribution in [0.25, 0.3) is 0 Å². The number of allylic oxidation sites excluding steroid dienone is 3. The number of carboxylic acid groups (broad SMARTS) is 1. The maximum atomic E-state index is 13.8. The van der Waals surface area contributed by atoms with Crippen LogP contribution in [0.3, 0.4) is 0 Å². The molecule has 0 rings (SSSR count). The van der Waals surface area contributed by atoms with Gasteiger partial charge in [0, 0.05) is 0 Å². The molecule has 33 heteroatoms. The Morgan fingerprint density at radius 3 is 0.686 bits per heavy atom. The molecule has 0 amide bonds. The van der Waals surface area contributed by atoms with Crippen molar-refractivity contribution in [1.82, 2.24) is 0 Å². The summed E-state index contributed by atoms with van der Waals surface area (Å²) in [6.45, 7) is 0. The summed E-state index contributed by atoms with van der Waals surface area (Å²) >= 11 is 0. The lowest BCUT2D eigenvalue weighted by atomic mass is 9.84. The number of alkyl halides is 27. The third kappa shape index (κ3) is 5.84. The Morgan fingerprint density at radius 2 is 0.490 bits per heavy atom. The maximum Gasteiger partial charge on any atom is 0.460 e. The molecular weight excluding hydrogens is 837 g/mol. The average molecular weight is 838 g/mol. The number of hydrogen-bond acceptors (Lipinski definition) is 1. The first-order valence-corrected chi connectivity index (χ1v) is 10.5. The fourth-order valence-electron chi connectivity index (χ4n) is 2.71. The fraction of sp³-hybridized carbons (Fsp3) is 0.722. The van der Waals surface area contributed by atoms with Crippen LogP contribution in [0.15, 0.2) is 23.3 Å². The molecule has 0 aromatic carbocycles. The van der Waals surface area contributed by atoms with E-state index >= 15 is 0 Å². The molecule has 51 heavy (non-hydrogen) atoms. The van der Waals surface area contributed by atoms with Crippen molar-refractivity contribution in [2.45, 2.75) is 77.2 Å². The van der Waals surface area contributed by atoms with Gasteiger partial charge in [-0.3, -0.25) is 0 Å². The van der Waals surface area contributed by atoms with E-state index in [2.05, 4.69) is 0 Å². The summed E-state index contributed by atoms with van der Waals surface area (Å²) in [5.41, 5.74) is 0. The SMILES string of the molecule is O=C(O)/C(F)=C(F)/C(F)=C(\F)C(F)(F)C(F)(F)C(F)(F)C(F)(F)C(F)(F)C(F)(F)C(F)(F)C(F)(F)C(F)(F)C(F)(F)C(F)(F)C(F)(F)C(F)(F)F. The molecular formula is C18HF31O2. The Morgan fingerprint density at radius 1 is 0.294 bits per heavy atom. The zero-order chi connectivity index (χ0) is 42.4. The van der Waals surface area contributed by atoms with Gasteiger partial charge in [-0.25, -0.2) is 18.0 Å². The summed E-state index contributed by atoms with van der Waals surface area (Å²) in [7, 11) is 0. The molecule has 0 saturated carbocycles. The van der Waals surface area contributed by atoms with Gasteiger partial charge in [-0.05, 0) is 0 Å². The lowest BCUT2D eigenvalue weighted by Crippen LogP contribution is -2.78. The molecule has 0 aliphatic carbocycles. The van der Waals surface area contributed by atoms with E-state index in [4.69, 9.17) is 5.11 Å². The molecule has 2 nitrogen and oxygen atoms in total. The summed E-state index contributed by atoms with van der Waals surface area (Å²) in [4.78, 5) is 10.00. The minimum Gasteiger partial charge on any atom is -0.476 e. The van der Waals surface area contributed by atoms with Gasteiger partial charge in [0.2, 0.25) is 17.5 Å². The highest BCUT2D eigenvalue weighted by molar-refractivity contribution is 5.85. The third-order valence-corrected chi connectivity index (χ3v) is 5.74. The molecule has 0 heterocycles. The number of rotatable bonds is 14. The van der Waals surface area contributed by atoms with Crippen molar-refractivity contribution in [3.63, 3.8) is 0 Å². The van der Waals surface area contributed by atoms with Crippen LogP contribution in [0.5, 0.6) is 0 Å².